The number of anilines is 1. The van der Waals surface area contributed by atoms with Crippen molar-refractivity contribution in [2.24, 2.45) is 0 Å². The summed E-state index contributed by atoms with van der Waals surface area (Å²) in [5, 5.41) is 23.7. The number of benzene rings is 2. The molecule has 0 aliphatic carbocycles. The molecule has 1 heterocycles. The summed E-state index contributed by atoms with van der Waals surface area (Å²) in [7, 11) is 4.12. The number of hydroxylamine groups is 1. The summed E-state index contributed by atoms with van der Waals surface area (Å²) >= 11 is 0. The summed E-state index contributed by atoms with van der Waals surface area (Å²) in [6.07, 6.45) is -0.127. The average molecular weight is 524 g/mol. The molecule has 0 unspecified atom stereocenters. The van der Waals surface area contributed by atoms with E-state index in [9.17, 15) is 19.5 Å². The Kier molecular flexibility index (Phi) is 11.4. The van der Waals surface area contributed by atoms with Crippen molar-refractivity contribution in [2.75, 3.05) is 39.0 Å². The van der Waals surface area contributed by atoms with Crippen LogP contribution in [0.3, 0.4) is 0 Å². The molecule has 3 atom stereocenters. The highest BCUT2D eigenvalue weighted by Crippen LogP contribution is 2.14. The summed E-state index contributed by atoms with van der Waals surface area (Å²) < 4.78 is 0. The van der Waals surface area contributed by atoms with Crippen molar-refractivity contribution in [1.82, 2.24) is 20.6 Å². The van der Waals surface area contributed by atoms with Crippen LogP contribution in [0.1, 0.15) is 42.3 Å². The molecule has 2 aromatic carbocycles. The molecule has 0 saturated carbocycles. The monoisotopic (exact) mass is 523 g/mol. The number of likely N-dealkylation sites (tertiary alicyclic amines) is 1. The molecule has 1 saturated heterocycles. The van der Waals surface area contributed by atoms with E-state index in [1.807, 2.05) is 24.3 Å². The SMILES string of the molecule is C.C[C@@H](O)[C@H](NC(=O)c1ccc(C#Cc2ccc(NC(=O)CN3CC[C@H](N(C)C)C3)cc2)cc1)C(=O)NO. The molecular formula is C28H37N5O5. The van der Waals surface area contributed by atoms with Crippen LogP contribution in [0.4, 0.5) is 5.69 Å². The molecule has 1 fully saturated rings. The van der Waals surface area contributed by atoms with Crippen LogP contribution in [-0.2, 0) is 9.59 Å². The van der Waals surface area contributed by atoms with Gasteiger partial charge < -0.3 is 20.6 Å². The highest BCUT2D eigenvalue weighted by atomic mass is 16.5. The normalized spacial score (nSPS) is 16.4. The van der Waals surface area contributed by atoms with Gasteiger partial charge in [0.25, 0.3) is 11.8 Å². The Morgan fingerprint density at radius 1 is 1.05 bits per heavy atom. The number of aliphatic hydroxyl groups excluding tert-OH is 1. The van der Waals surface area contributed by atoms with Gasteiger partial charge in [0, 0.05) is 41.5 Å². The lowest BCUT2D eigenvalue weighted by Crippen LogP contribution is -2.51. The second kappa shape index (κ2) is 14.3. The van der Waals surface area contributed by atoms with Crippen molar-refractivity contribution in [3.8, 4) is 11.8 Å². The number of nitrogens with one attached hydrogen (secondary N) is 3. The zero-order valence-electron chi connectivity index (χ0n) is 21.2. The van der Waals surface area contributed by atoms with E-state index >= 15 is 0 Å². The Labute approximate surface area is 224 Å². The lowest BCUT2D eigenvalue weighted by molar-refractivity contribution is -0.133. The maximum Gasteiger partial charge on any atom is 0.268 e. The van der Waals surface area contributed by atoms with Gasteiger partial charge in [0.05, 0.1) is 12.6 Å². The fourth-order valence-electron chi connectivity index (χ4n) is 3.97. The number of hydrogen-bond acceptors (Lipinski definition) is 7. The first-order valence-electron chi connectivity index (χ1n) is 12.0. The Morgan fingerprint density at radius 2 is 1.63 bits per heavy atom. The lowest BCUT2D eigenvalue weighted by atomic mass is 10.1. The van der Waals surface area contributed by atoms with Crippen LogP contribution in [0.2, 0.25) is 0 Å². The number of nitrogens with zero attached hydrogens (tertiary/aromatic N) is 2. The minimum atomic E-state index is -1.29. The second-order valence-electron chi connectivity index (χ2n) is 9.26. The third-order valence-electron chi connectivity index (χ3n) is 6.17. The van der Waals surface area contributed by atoms with Gasteiger partial charge in [-0.2, -0.15) is 0 Å². The summed E-state index contributed by atoms with van der Waals surface area (Å²) in [4.78, 5) is 40.7. The number of amides is 3. The number of hydrogen-bond donors (Lipinski definition) is 5. The molecule has 38 heavy (non-hydrogen) atoms. The van der Waals surface area contributed by atoms with Crippen molar-refractivity contribution in [3.63, 3.8) is 0 Å². The molecule has 5 N–H and O–H groups in total. The van der Waals surface area contributed by atoms with Gasteiger partial charge >= 0.3 is 0 Å². The molecule has 204 valence electrons. The summed E-state index contributed by atoms with van der Waals surface area (Å²) in [6, 6.07) is 12.9. The van der Waals surface area contributed by atoms with E-state index < -0.39 is 24.0 Å². The van der Waals surface area contributed by atoms with Crippen molar-refractivity contribution in [1.29, 1.82) is 0 Å². The fraction of sp³-hybridized carbons (Fsp3) is 0.393. The van der Waals surface area contributed by atoms with Gasteiger partial charge in [0.15, 0.2) is 0 Å². The van der Waals surface area contributed by atoms with Gasteiger partial charge in [-0.05, 0) is 76.0 Å². The molecule has 10 heteroatoms. The molecule has 0 spiro atoms. The molecule has 0 radical (unpaired) electrons. The Hall–Kier alpha value is -3.75. The van der Waals surface area contributed by atoms with Crippen LogP contribution < -0.4 is 16.1 Å². The van der Waals surface area contributed by atoms with Crippen LogP contribution in [-0.4, -0.2) is 89.8 Å². The van der Waals surface area contributed by atoms with E-state index in [-0.39, 0.29) is 18.9 Å². The first-order valence-corrected chi connectivity index (χ1v) is 12.0. The van der Waals surface area contributed by atoms with Crippen molar-refractivity contribution in [3.05, 3.63) is 65.2 Å². The highest BCUT2D eigenvalue weighted by molar-refractivity contribution is 5.97. The zero-order chi connectivity index (χ0) is 26.9. The maximum atomic E-state index is 12.4. The van der Waals surface area contributed by atoms with E-state index in [0.717, 1.165) is 25.1 Å². The predicted molar refractivity (Wildman–Crippen MR) is 146 cm³/mol. The van der Waals surface area contributed by atoms with E-state index in [2.05, 4.69) is 46.4 Å². The molecular weight excluding hydrogens is 486 g/mol. The molecule has 1 aliphatic rings. The second-order valence-corrected chi connectivity index (χ2v) is 9.26. The Morgan fingerprint density at radius 3 is 2.13 bits per heavy atom. The highest BCUT2D eigenvalue weighted by Gasteiger charge is 2.26. The largest absolute Gasteiger partial charge is 0.391 e. The Balaban J connectivity index is 0.00000507. The lowest BCUT2D eigenvalue weighted by Gasteiger charge is -2.20. The predicted octanol–water partition coefficient (Wildman–Crippen LogP) is 1.28. The molecule has 0 aromatic heterocycles. The first kappa shape index (κ1) is 30.5. The Bertz CT molecular complexity index is 1150. The molecule has 0 bridgehead atoms. The third kappa shape index (κ3) is 8.68. The minimum absolute atomic E-state index is 0. The van der Waals surface area contributed by atoms with Crippen molar-refractivity contribution in [2.45, 2.75) is 39.0 Å². The van der Waals surface area contributed by atoms with Gasteiger partial charge in [-0.15, -0.1) is 0 Å². The van der Waals surface area contributed by atoms with Crippen LogP contribution in [0.15, 0.2) is 48.5 Å². The van der Waals surface area contributed by atoms with Gasteiger partial charge in [-0.25, -0.2) is 5.48 Å². The topological polar surface area (TPSA) is 134 Å². The van der Waals surface area contributed by atoms with Crippen molar-refractivity contribution < 1.29 is 24.7 Å². The smallest absolute Gasteiger partial charge is 0.268 e. The van der Waals surface area contributed by atoms with Crippen LogP contribution >= 0.6 is 0 Å². The number of rotatable bonds is 8. The molecule has 10 nitrogen and oxygen atoms in total. The molecule has 1 aliphatic heterocycles. The van der Waals surface area contributed by atoms with E-state index in [4.69, 9.17) is 5.21 Å². The number of likely N-dealkylation sites (N-methyl/N-ethyl adjacent to an activating group) is 1. The van der Waals surface area contributed by atoms with Gasteiger partial charge in [0.2, 0.25) is 5.91 Å². The van der Waals surface area contributed by atoms with Crippen LogP contribution in [0.5, 0.6) is 0 Å². The van der Waals surface area contributed by atoms with Gasteiger partial charge in [-0.3, -0.25) is 24.5 Å². The standard InChI is InChI=1S/C27H33N5O5.CH4/c1-18(33)25(27(36)30-37)29-26(35)21-10-6-19(7-11-21)4-5-20-8-12-22(13-9-20)28-24(34)17-32-15-14-23(16-32)31(2)3;/h6-13,18,23,25,33,37H,14-17H2,1-3H3,(H,28,34)(H,29,35)(H,30,36);1H4/t18-,23+,25+;/m1./s1. The molecule has 3 rings (SSSR count). The van der Waals surface area contributed by atoms with E-state index in [0.29, 0.717) is 23.8 Å². The average Bonchev–Trinajstić information content (AvgIpc) is 3.35. The minimum Gasteiger partial charge on any atom is -0.391 e. The quantitative estimate of drug-likeness (QED) is 0.200. The molecule has 2 aromatic rings. The van der Waals surface area contributed by atoms with Crippen LogP contribution in [0.25, 0.3) is 0 Å². The van der Waals surface area contributed by atoms with Crippen LogP contribution in [0, 0.1) is 11.8 Å². The van der Waals surface area contributed by atoms with E-state index in [1.54, 1.807) is 24.3 Å². The summed E-state index contributed by atoms with van der Waals surface area (Å²) in [5.41, 5.74) is 3.84. The number of carbonyl (C=O) groups is 3. The zero-order valence-corrected chi connectivity index (χ0v) is 21.2. The number of carbonyl (C=O) groups excluding carboxylic acids is 3. The van der Waals surface area contributed by atoms with Crippen molar-refractivity contribution >= 4 is 23.4 Å². The van der Waals surface area contributed by atoms with Gasteiger partial charge in [0.1, 0.15) is 6.04 Å². The van der Waals surface area contributed by atoms with Gasteiger partial charge in [-0.1, -0.05) is 19.3 Å². The summed E-state index contributed by atoms with van der Waals surface area (Å²) in [6.45, 7) is 3.51. The van der Waals surface area contributed by atoms with E-state index in [1.165, 1.54) is 12.4 Å². The molecule has 3 amide bonds. The number of aliphatic hydroxyl groups is 1. The summed E-state index contributed by atoms with van der Waals surface area (Å²) in [5.74, 6) is 4.53. The fourth-order valence-corrected chi connectivity index (χ4v) is 3.97. The third-order valence-corrected chi connectivity index (χ3v) is 6.17. The first-order chi connectivity index (χ1) is 17.7. The maximum absolute atomic E-state index is 12.4.